The molecule has 4 rings (SSSR count). The third kappa shape index (κ3) is 7.21. The Labute approximate surface area is 262 Å². The van der Waals surface area contributed by atoms with Crippen molar-refractivity contribution in [2.24, 2.45) is 58.0 Å². The van der Waals surface area contributed by atoms with Gasteiger partial charge in [-0.3, -0.25) is 4.79 Å². The molecule has 3 unspecified atom stereocenters. The van der Waals surface area contributed by atoms with Gasteiger partial charge >= 0.3 is 5.97 Å². The van der Waals surface area contributed by atoms with Gasteiger partial charge in [-0.1, -0.05) is 73.0 Å². The molecule has 43 heavy (non-hydrogen) atoms. The first-order valence-corrected chi connectivity index (χ1v) is 17.7. The minimum absolute atomic E-state index is 0.00241. The highest BCUT2D eigenvalue weighted by molar-refractivity contribution is 5.87. The van der Waals surface area contributed by atoms with E-state index in [-0.39, 0.29) is 35.2 Å². The standard InChI is InChI=1S/C37H64N2O4/c1-22(2)31(38)33(40)39-32(23(3)4)34(41)43-26-16-19-36(8)25(21-26)12-13-27-29-15-14-28(37(29,9)20-17-30(27)36)24(5)11-10-18-35(6,7)42/h12,22-24,26-32,42H,10-11,13-21,38H2,1-9H3,(H,39,40)/t24?,26-,27-,28+,29-,30-,31?,32?,36-,37+/m0/s1. The minimum Gasteiger partial charge on any atom is -0.461 e. The summed E-state index contributed by atoms with van der Waals surface area (Å²) in [6.07, 6.45) is 14.9. The fourth-order valence-corrected chi connectivity index (χ4v) is 10.0. The Kier molecular flexibility index (Phi) is 10.5. The molecule has 0 aromatic carbocycles. The summed E-state index contributed by atoms with van der Waals surface area (Å²) in [5, 5.41) is 13.1. The molecule has 0 radical (unpaired) electrons. The highest BCUT2D eigenvalue weighted by atomic mass is 16.5. The molecule has 0 saturated heterocycles. The SMILES string of the molecule is CC(C)C(N)C(=O)NC(C(=O)O[C@H]1CC[C@@]2(C)C(=CC[C@H]3[C@@H]4CC[C@H](C(C)CCCC(C)(C)O)[C@@]4(C)CC[C@@H]32)C1)C(C)C. The fourth-order valence-electron chi connectivity index (χ4n) is 10.0. The number of hydrogen-bond donors (Lipinski definition) is 3. The molecule has 1 amide bonds. The number of allylic oxidation sites excluding steroid dienone is 1. The van der Waals surface area contributed by atoms with Crippen LogP contribution in [0.3, 0.4) is 0 Å². The highest BCUT2D eigenvalue weighted by Crippen LogP contribution is 2.67. The Morgan fingerprint density at radius 1 is 1.05 bits per heavy atom. The number of hydrogen-bond acceptors (Lipinski definition) is 5. The molecule has 0 aromatic heterocycles. The Morgan fingerprint density at radius 2 is 1.74 bits per heavy atom. The van der Waals surface area contributed by atoms with Gasteiger partial charge in [-0.2, -0.15) is 0 Å². The van der Waals surface area contributed by atoms with Crippen molar-refractivity contribution in [3.8, 4) is 0 Å². The van der Waals surface area contributed by atoms with Crippen molar-refractivity contribution in [2.75, 3.05) is 0 Å². The summed E-state index contributed by atoms with van der Waals surface area (Å²) in [7, 11) is 0. The van der Waals surface area contributed by atoms with Crippen molar-refractivity contribution in [3.05, 3.63) is 11.6 Å². The molecule has 6 nitrogen and oxygen atoms in total. The van der Waals surface area contributed by atoms with E-state index in [2.05, 4.69) is 32.2 Å². The molecule has 0 aliphatic heterocycles. The number of esters is 1. The van der Waals surface area contributed by atoms with Crippen LogP contribution >= 0.6 is 0 Å². The highest BCUT2D eigenvalue weighted by Gasteiger charge is 2.59. The second-order valence-corrected chi connectivity index (χ2v) is 17.0. The van der Waals surface area contributed by atoms with Gasteiger partial charge in [-0.05, 0) is 117 Å². The Hall–Kier alpha value is -1.40. The first-order valence-electron chi connectivity index (χ1n) is 17.7. The second-order valence-electron chi connectivity index (χ2n) is 17.0. The quantitative estimate of drug-likeness (QED) is 0.172. The van der Waals surface area contributed by atoms with Crippen LogP contribution in [-0.4, -0.2) is 40.8 Å². The summed E-state index contributed by atoms with van der Waals surface area (Å²) in [5.74, 6) is 3.08. The first-order chi connectivity index (χ1) is 20.0. The van der Waals surface area contributed by atoms with Gasteiger partial charge in [0, 0.05) is 6.42 Å². The number of fused-ring (bicyclic) bond motifs is 5. The lowest BCUT2D eigenvalue weighted by Gasteiger charge is -2.58. The normalized spacial score (nSPS) is 36.2. The van der Waals surface area contributed by atoms with Crippen molar-refractivity contribution in [2.45, 2.75) is 157 Å². The maximum Gasteiger partial charge on any atom is 0.329 e. The van der Waals surface area contributed by atoms with Gasteiger partial charge in [-0.15, -0.1) is 0 Å². The van der Waals surface area contributed by atoms with Crippen LogP contribution in [0.25, 0.3) is 0 Å². The van der Waals surface area contributed by atoms with E-state index in [1.807, 2.05) is 41.5 Å². The predicted octanol–water partition coefficient (Wildman–Crippen LogP) is 7.18. The lowest BCUT2D eigenvalue weighted by molar-refractivity contribution is -0.156. The van der Waals surface area contributed by atoms with E-state index in [0.29, 0.717) is 17.3 Å². The molecule has 0 heterocycles. The predicted molar refractivity (Wildman–Crippen MR) is 174 cm³/mol. The molecule has 3 saturated carbocycles. The first kappa shape index (κ1) is 34.5. The third-order valence-corrected chi connectivity index (χ3v) is 12.8. The Balaban J connectivity index is 1.39. The number of nitrogens with two attached hydrogens (primary N) is 1. The van der Waals surface area contributed by atoms with E-state index in [4.69, 9.17) is 10.5 Å². The zero-order valence-electron chi connectivity index (χ0n) is 28.9. The lowest BCUT2D eigenvalue weighted by Crippen LogP contribution is -2.53. The number of ether oxygens (including phenoxy) is 1. The molecule has 0 aromatic rings. The van der Waals surface area contributed by atoms with Gasteiger partial charge in [0.15, 0.2) is 0 Å². The fraction of sp³-hybridized carbons (Fsp3) is 0.892. The van der Waals surface area contributed by atoms with Gasteiger partial charge < -0.3 is 20.9 Å². The summed E-state index contributed by atoms with van der Waals surface area (Å²) in [5.41, 5.74) is 7.61. The van der Waals surface area contributed by atoms with E-state index < -0.39 is 17.7 Å². The molecular weight excluding hydrogens is 536 g/mol. The summed E-state index contributed by atoms with van der Waals surface area (Å²) >= 11 is 0. The maximum atomic E-state index is 13.3. The summed E-state index contributed by atoms with van der Waals surface area (Å²) < 4.78 is 6.11. The number of carbonyl (C=O) groups is 2. The van der Waals surface area contributed by atoms with Gasteiger partial charge in [0.1, 0.15) is 12.1 Å². The number of rotatable bonds is 11. The van der Waals surface area contributed by atoms with Crippen molar-refractivity contribution < 1.29 is 19.4 Å². The molecule has 3 fully saturated rings. The minimum atomic E-state index is -0.681. The monoisotopic (exact) mass is 600 g/mol. The van der Waals surface area contributed by atoms with Crippen molar-refractivity contribution >= 4 is 11.9 Å². The van der Waals surface area contributed by atoms with Crippen molar-refractivity contribution in [3.63, 3.8) is 0 Å². The zero-order chi connectivity index (χ0) is 31.9. The van der Waals surface area contributed by atoms with Crippen LogP contribution in [-0.2, 0) is 14.3 Å². The molecule has 6 heteroatoms. The van der Waals surface area contributed by atoms with Crippen LogP contribution < -0.4 is 11.1 Å². The van der Waals surface area contributed by atoms with Crippen LogP contribution in [0, 0.1) is 52.3 Å². The van der Waals surface area contributed by atoms with Gasteiger partial charge in [-0.25, -0.2) is 4.79 Å². The summed E-state index contributed by atoms with van der Waals surface area (Å²) in [6.45, 7) is 19.2. The molecule has 0 spiro atoms. The largest absolute Gasteiger partial charge is 0.461 e. The van der Waals surface area contributed by atoms with E-state index >= 15 is 0 Å². The number of aliphatic hydroxyl groups is 1. The molecule has 246 valence electrons. The van der Waals surface area contributed by atoms with Crippen LogP contribution in [0.5, 0.6) is 0 Å². The second kappa shape index (κ2) is 13.1. The van der Waals surface area contributed by atoms with E-state index in [0.717, 1.165) is 56.3 Å². The van der Waals surface area contributed by atoms with E-state index in [9.17, 15) is 14.7 Å². The van der Waals surface area contributed by atoms with Crippen molar-refractivity contribution in [1.29, 1.82) is 0 Å². The van der Waals surface area contributed by atoms with Crippen LogP contribution in [0.2, 0.25) is 0 Å². The molecule has 4 aliphatic carbocycles. The molecule has 4 aliphatic rings. The Bertz CT molecular complexity index is 1030. The topological polar surface area (TPSA) is 102 Å². The average Bonchev–Trinajstić information content (AvgIpc) is 3.27. The van der Waals surface area contributed by atoms with Gasteiger partial charge in [0.05, 0.1) is 11.6 Å². The van der Waals surface area contributed by atoms with Crippen LogP contribution in [0.1, 0.15) is 133 Å². The molecule has 10 atom stereocenters. The van der Waals surface area contributed by atoms with Crippen LogP contribution in [0.15, 0.2) is 11.6 Å². The average molecular weight is 601 g/mol. The Morgan fingerprint density at radius 3 is 2.37 bits per heavy atom. The summed E-state index contributed by atoms with van der Waals surface area (Å²) in [4.78, 5) is 25.9. The third-order valence-electron chi connectivity index (χ3n) is 12.8. The van der Waals surface area contributed by atoms with Gasteiger partial charge in [0.25, 0.3) is 0 Å². The smallest absolute Gasteiger partial charge is 0.329 e. The molecular formula is C37H64N2O4. The van der Waals surface area contributed by atoms with Crippen molar-refractivity contribution in [1.82, 2.24) is 5.32 Å². The van der Waals surface area contributed by atoms with Crippen LogP contribution in [0.4, 0.5) is 0 Å². The number of carbonyl (C=O) groups excluding carboxylic acids is 2. The number of nitrogens with one attached hydrogen (secondary N) is 1. The zero-order valence-corrected chi connectivity index (χ0v) is 28.9. The number of amides is 1. The summed E-state index contributed by atoms with van der Waals surface area (Å²) in [6, 6.07) is -1.32. The van der Waals surface area contributed by atoms with E-state index in [1.165, 1.54) is 37.7 Å². The molecule has 4 N–H and O–H groups in total. The van der Waals surface area contributed by atoms with E-state index in [1.54, 1.807) is 0 Å². The maximum absolute atomic E-state index is 13.3. The molecule has 0 bridgehead atoms. The van der Waals surface area contributed by atoms with Gasteiger partial charge in [0.2, 0.25) is 5.91 Å². The lowest BCUT2D eigenvalue weighted by atomic mass is 9.47.